The summed E-state index contributed by atoms with van der Waals surface area (Å²) in [5.74, 6) is 0.127. The molecule has 0 spiro atoms. The highest BCUT2D eigenvalue weighted by molar-refractivity contribution is 9.10. The van der Waals surface area contributed by atoms with Crippen LogP contribution in [0.5, 0.6) is 0 Å². The fourth-order valence-corrected chi connectivity index (χ4v) is 3.67. The van der Waals surface area contributed by atoms with Crippen molar-refractivity contribution < 1.29 is 4.79 Å². The number of hydrogen-bond acceptors (Lipinski definition) is 2. The molecule has 0 bridgehead atoms. The molecule has 1 amide bonds. The predicted molar refractivity (Wildman–Crippen MR) is 86.3 cm³/mol. The van der Waals surface area contributed by atoms with Crippen LogP contribution in [0.2, 0.25) is 0 Å². The monoisotopic (exact) mass is 401 g/mol. The van der Waals surface area contributed by atoms with Gasteiger partial charge in [0.1, 0.15) is 0 Å². The highest BCUT2D eigenvalue weighted by Gasteiger charge is 2.11. The van der Waals surface area contributed by atoms with Crippen LogP contribution in [0.3, 0.4) is 0 Å². The molecule has 0 fully saturated rings. The minimum atomic E-state index is 0.127. The van der Waals surface area contributed by atoms with E-state index >= 15 is 0 Å². The Hall–Kier alpha value is -0.650. The zero-order valence-corrected chi connectivity index (χ0v) is 14.4. The lowest BCUT2D eigenvalue weighted by Crippen LogP contribution is -2.27. The molecule has 1 aromatic heterocycles. The Morgan fingerprint density at radius 2 is 2.05 bits per heavy atom. The van der Waals surface area contributed by atoms with Crippen molar-refractivity contribution in [2.75, 3.05) is 7.05 Å². The summed E-state index contributed by atoms with van der Waals surface area (Å²) in [7, 11) is 1.84. The first-order chi connectivity index (χ1) is 9.04. The first kappa shape index (κ1) is 14.8. The van der Waals surface area contributed by atoms with Crippen LogP contribution < -0.4 is 0 Å². The molecule has 19 heavy (non-hydrogen) atoms. The van der Waals surface area contributed by atoms with Gasteiger partial charge in [-0.1, -0.05) is 28.1 Å². The van der Waals surface area contributed by atoms with Crippen LogP contribution in [0.1, 0.15) is 10.4 Å². The van der Waals surface area contributed by atoms with Crippen LogP contribution in [0, 0.1) is 0 Å². The summed E-state index contributed by atoms with van der Waals surface area (Å²) in [6.07, 6.45) is 0.433. The Morgan fingerprint density at radius 3 is 2.68 bits per heavy atom. The summed E-state index contributed by atoms with van der Waals surface area (Å²) in [5, 5.41) is 2.03. The average Bonchev–Trinajstić information content (AvgIpc) is 2.74. The predicted octanol–water partition coefficient (Wildman–Crippen LogP) is 4.47. The van der Waals surface area contributed by atoms with Crippen molar-refractivity contribution in [1.82, 2.24) is 4.90 Å². The van der Waals surface area contributed by atoms with Gasteiger partial charge in [0.05, 0.1) is 13.0 Å². The third-order valence-corrected chi connectivity index (χ3v) is 4.86. The fourth-order valence-electron chi connectivity index (χ4n) is 1.72. The quantitative estimate of drug-likeness (QED) is 0.738. The zero-order chi connectivity index (χ0) is 13.8. The zero-order valence-electron chi connectivity index (χ0n) is 10.4. The molecular weight excluding hydrogens is 390 g/mol. The molecule has 0 aliphatic carbocycles. The number of carbonyl (C=O) groups is 1. The summed E-state index contributed by atoms with van der Waals surface area (Å²) >= 11 is 8.50. The van der Waals surface area contributed by atoms with Crippen molar-refractivity contribution in [2.24, 2.45) is 0 Å². The topological polar surface area (TPSA) is 20.3 Å². The van der Waals surface area contributed by atoms with Crippen molar-refractivity contribution in [3.63, 3.8) is 0 Å². The first-order valence-corrected chi connectivity index (χ1v) is 8.22. The van der Waals surface area contributed by atoms with Gasteiger partial charge >= 0.3 is 0 Å². The molecule has 2 nitrogen and oxygen atoms in total. The minimum absolute atomic E-state index is 0.127. The number of hydrogen-bond donors (Lipinski definition) is 0. The van der Waals surface area contributed by atoms with E-state index in [2.05, 4.69) is 31.9 Å². The van der Waals surface area contributed by atoms with Gasteiger partial charge in [0.15, 0.2) is 0 Å². The lowest BCUT2D eigenvalue weighted by Gasteiger charge is -2.16. The summed E-state index contributed by atoms with van der Waals surface area (Å²) < 4.78 is 2.07. The molecule has 0 aliphatic rings. The van der Waals surface area contributed by atoms with Crippen LogP contribution in [-0.4, -0.2) is 17.9 Å². The molecule has 1 aromatic carbocycles. The molecule has 0 radical (unpaired) electrons. The third-order valence-electron chi connectivity index (χ3n) is 2.68. The Labute approximate surface area is 133 Å². The van der Waals surface area contributed by atoms with Gasteiger partial charge in [0.2, 0.25) is 5.91 Å². The number of nitrogens with zero attached hydrogens (tertiary/aromatic N) is 1. The highest BCUT2D eigenvalue weighted by atomic mass is 79.9. The van der Waals surface area contributed by atoms with E-state index in [1.807, 2.05) is 42.8 Å². The van der Waals surface area contributed by atoms with Gasteiger partial charge in [0, 0.05) is 26.3 Å². The Bertz CT molecular complexity index is 582. The number of halogens is 2. The highest BCUT2D eigenvalue weighted by Crippen LogP contribution is 2.21. The van der Waals surface area contributed by atoms with Crippen molar-refractivity contribution in [2.45, 2.75) is 13.0 Å². The first-order valence-electron chi connectivity index (χ1n) is 5.76. The smallest absolute Gasteiger partial charge is 0.227 e. The maximum absolute atomic E-state index is 12.1. The van der Waals surface area contributed by atoms with Crippen molar-refractivity contribution in [3.05, 3.63) is 55.1 Å². The molecule has 0 aliphatic heterocycles. The molecule has 0 atom stereocenters. The fraction of sp³-hybridized carbons (Fsp3) is 0.214. The second-order valence-electron chi connectivity index (χ2n) is 4.29. The number of likely N-dealkylation sites (N-methyl/N-ethyl adjacent to an activating group) is 1. The van der Waals surface area contributed by atoms with Crippen LogP contribution in [0.25, 0.3) is 0 Å². The molecule has 2 rings (SSSR count). The van der Waals surface area contributed by atoms with Crippen molar-refractivity contribution >= 4 is 49.1 Å². The van der Waals surface area contributed by atoms with E-state index in [9.17, 15) is 4.79 Å². The summed E-state index contributed by atoms with van der Waals surface area (Å²) in [6.45, 7) is 0.656. The Morgan fingerprint density at radius 1 is 1.26 bits per heavy atom. The van der Waals surface area contributed by atoms with Gasteiger partial charge in [-0.3, -0.25) is 4.79 Å². The Kier molecular flexibility index (Phi) is 5.19. The van der Waals surface area contributed by atoms with Crippen LogP contribution >= 0.6 is 43.2 Å². The maximum Gasteiger partial charge on any atom is 0.227 e. The van der Waals surface area contributed by atoms with E-state index in [1.165, 1.54) is 4.88 Å². The standard InChI is InChI=1S/C14H13Br2NOS/c1-17(8-13-7-12(16)9-19-13)14(18)6-10-3-2-4-11(15)5-10/h2-5,7,9H,6,8H2,1H3. The number of amides is 1. The SMILES string of the molecule is CN(Cc1cc(Br)cs1)C(=O)Cc1cccc(Br)c1. The van der Waals surface area contributed by atoms with Crippen LogP contribution in [-0.2, 0) is 17.8 Å². The van der Waals surface area contributed by atoms with E-state index < -0.39 is 0 Å². The number of rotatable bonds is 4. The second-order valence-corrected chi connectivity index (χ2v) is 7.11. The Balaban J connectivity index is 1.96. The molecular formula is C14H13Br2NOS. The van der Waals surface area contributed by atoms with Gasteiger partial charge < -0.3 is 4.90 Å². The molecule has 1 heterocycles. The minimum Gasteiger partial charge on any atom is -0.340 e. The van der Waals surface area contributed by atoms with E-state index in [4.69, 9.17) is 0 Å². The van der Waals surface area contributed by atoms with Gasteiger partial charge in [-0.05, 0) is 39.7 Å². The molecule has 0 N–H and O–H groups in total. The lowest BCUT2D eigenvalue weighted by molar-refractivity contribution is -0.129. The van der Waals surface area contributed by atoms with Gasteiger partial charge in [-0.2, -0.15) is 0 Å². The van der Waals surface area contributed by atoms with E-state index in [-0.39, 0.29) is 5.91 Å². The molecule has 0 unspecified atom stereocenters. The summed E-state index contributed by atoms with van der Waals surface area (Å²) in [6, 6.07) is 9.91. The van der Waals surface area contributed by atoms with Gasteiger partial charge in [-0.25, -0.2) is 0 Å². The lowest BCUT2D eigenvalue weighted by atomic mass is 10.1. The number of carbonyl (C=O) groups excluding carboxylic acids is 1. The molecule has 100 valence electrons. The van der Waals surface area contributed by atoms with Crippen molar-refractivity contribution in [1.29, 1.82) is 0 Å². The summed E-state index contributed by atoms with van der Waals surface area (Å²) in [5.41, 5.74) is 1.03. The van der Waals surface area contributed by atoms with Gasteiger partial charge in [-0.15, -0.1) is 11.3 Å². The van der Waals surface area contributed by atoms with Crippen LogP contribution in [0.4, 0.5) is 0 Å². The second kappa shape index (κ2) is 6.68. The van der Waals surface area contributed by atoms with Crippen molar-refractivity contribution in [3.8, 4) is 0 Å². The molecule has 2 aromatic rings. The molecule has 5 heteroatoms. The number of benzene rings is 1. The van der Waals surface area contributed by atoms with E-state index in [1.54, 1.807) is 16.2 Å². The van der Waals surface area contributed by atoms with Crippen LogP contribution in [0.15, 0.2) is 44.7 Å². The largest absolute Gasteiger partial charge is 0.340 e. The normalized spacial score (nSPS) is 10.5. The maximum atomic E-state index is 12.1. The molecule has 0 saturated carbocycles. The third kappa shape index (κ3) is 4.44. The van der Waals surface area contributed by atoms with Gasteiger partial charge in [0.25, 0.3) is 0 Å². The number of thiophene rings is 1. The van der Waals surface area contributed by atoms with E-state index in [0.717, 1.165) is 14.5 Å². The average molecular weight is 403 g/mol. The van der Waals surface area contributed by atoms with E-state index in [0.29, 0.717) is 13.0 Å². The summed E-state index contributed by atoms with van der Waals surface area (Å²) in [4.78, 5) is 15.1. The molecule has 0 saturated heterocycles.